The molecule has 2 heterocycles. The van der Waals surface area contributed by atoms with Crippen molar-refractivity contribution in [1.82, 2.24) is 9.88 Å². The van der Waals surface area contributed by atoms with Gasteiger partial charge in [-0.15, -0.1) is 0 Å². The van der Waals surface area contributed by atoms with Gasteiger partial charge in [0.05, 0.1) is 5.56 Å². The first-order valence-electron chi connectivity index (χ1n) is 9.49. The van der Waals surface area contributed by atoms with Crippen LogP contribution in [0.25, 0.3) is 11.1 Å². The fourth-order valence-electron chi connectivity index (χ4n) is 3.74. The quantitative estimate of drug-likeness (QED) is 0.528. The van der Waals surface area contributed by atoms with Gasteiger partial charge in [-0.3, -0.25) is 9.78 Å². The van der Waals surface area contributed by atoms with E-state index in [4.69, 9.17) is 0 Å². The Hall–Kier alpha value is -3.22. The number of carbonyl (C=O) groups is 1. The molecule has 0 N–H and O–H groups in total. The molecule has 1 saturated heterocycles. The van der Waals surface area contributed by atoms with E-state index >= 15 is 0 Å². The van der Waals surface area contributed by atoms with Crippen molar-refractivity contribution in [2.45, 2.75) is 18.5 Å². The lowest BCUT2D eigenvalue weighted by Crippen LogP contribution is -2.28. The molecule has 1 aromatic heterocycles. The fourth-order valence-corrected chi connectivity index (χ4v) is 3.74. The maximum atomic E-state index is 13.7. The van der Waals surface area contributed by atoms with Crippen LogP contribution in [0.1, 0.15) is 33.8 Å². The highest BCUT2D eigenvalue weighted by Gasteiger charge is 2.31. The summed E-state index contributed by atoms with van der Waals surface area (Å²) in [6.45, 7) is 1.21. The average Bonchev–Trinajstić information content (AvgIpc) is 3.23. The largest absolute Gasteiger partial charge is 0.416 e. The van der Waals surface area contributed by atoms with Crippen LogP contribution < -0.4 is 0 Å². The molecule has 0 bridgehead atoms. The predicted octanol–water partition coefficient (Wildman–Crippen LogP) is 5.54. The highest BCUT2D eigenvalue weighted by Crippen LogP contribution is 2.33. The molecule has 3 nitrogen and oxygen atoms in total. The van der Waals surface area contributed by atoms with Crippen molar-refractivity contribution in [2.75, 3.05) is 13.1 Å². The summed E-state index contributed by atoms with van der Waals surface area (Å²) >= 11 is 0. The first kappa shape index (κ1) is 20.1. The third-order valence-corrected chi connectivity index (χ3v) is 5.32. The number of hydrogen-bond acceptors (Lipinski definition) is 2. The molecule has 1 unspecified atom stereocenters. The predicted molar refractivity (Wildman–Crippen MR) is 104 cm³/mol. The number of amides is 1. The molecule has 2 aromatic carbocycles. The summed E-state index contributed by atoms with van der Waals surface area (Å²) in [7, 11) is 0. The van der Waals surface area contributed by atoms with Crippen molar-refractivity contribution in [3.63, 3.8) is 0 Å². The molecule has 30 heavy (non-hydrogen) atoms. The summed E-state index contributed by atoms with van der Waals surface area (Å²) in [6, 6.07) is 12.5. The second kappa shape index (κ2) is 7.89. The van der Waals surface area contributed by atoms with Crippen LogP contribution in [-0.4, -0.2) is 28.9 Å². The SMILES string of the molecule is O=C(c1ccc(-c2cc(F)cc(C(F)(F)F)c2)cc1)N1CCC(c2cccnc2)C1. The topological polar surface area (TPSA) is 33.2 Å². The average molecular weight is 414 g/mol. The number of nitrogens with zero attached hydrogens (tertiary/aromatic N) is 2. The molecule has 154 valence electrons. The number of alkyl halides is 3. The summed E-state index contributed by atoms with van der Waals surface area (Å²) in [5.74, 6) is -0.864. The Balaban J connectivity index is 1.50. The van der Waals surface area contributed by atoms with Gasteiger partial charge in [0.1, 0.15) is 5.82 Å². The number of benzene rings is 2. The van der Waals surface area contributed by atoms with Gasteiger partial charge in [-0.1, -0.05) is 18.2 Å². The van der Waals surface area contributed by atoms with Gasteiger partial charge >= 0.3 is 6.18 Å². The normalized spacial score (nSPS) is 16.7. The van der Waals surface area contributed by atoms with Gasteiger partial charge < -0.3 is 4.90 Å². The zero-order chi connectivity index (χ0) is 21.3. The van der Waals surface area contributed by atoms with Crippen LogP contribution in [0.15, 0.2) is 67.0 Å². The van der Waals surface area contributed by atoms with Gasteiger partial charge in [0, 0.05) is 37.0 Å². The molecule has 3 aromatic rings. The highest BCUT2D eigenvalue weighted by molar-refractivity contribution is 5.95. The van der Waals surface area contributed by atoms with E-state index in [-0.39, 0.29) is 17.4 Å². The molecule has 4 rings (SSSR count). The minimum atomic E-state index is -4.63. The van der Waals surface area contributed by atoms with E-state index in [0.29, 0.717) is 30.3 Å². The van der Waals surface area contributed by atoms with E-state index in [0.717, 1.165) is 24.1 Å². The Bertz CT molecular complexity index is 1050. The van der Waals surface area contributed by atoms with Gasteiger partial charge in [0.25, 0.3) is 5.91 Å². The number of carbonyl (C=O) groups excluding carboxylic acids is 1. The second-order valence-corrected chi connectivity index (χ2v) is 7.33. The monoisotopic (exact) mass is 414 g/mol. The lowest BCUT2D eigenvalue weighted by molar-refractivity contribution is -0.137. The van der Waals surface area contributed by atoms with Gasteiger partial charge in [-0.05, 0) is 59.5 Å². The first-order valence-corrected chi connectivity index (χ1v) is 9.49. The van der Waals surface area contributed by atoms with Crippen molar-refractivity contribution >= 4 is 5.91 Å². The zero-order valence-electron chi connectivity index (χ0n) is 15.9. The van der Waals surface area contributed by atoms with Gasteiger partial charge in [0.2, 0.25) is 0 Å². The maximum Gasteiger partial charge on any atom is 0.416 e. The third-order valence-electron chi connectivity index (χ3n) is 5.32. The Morgan fingerprint density at radius 3 is 2.47 bits per heavy atom. The first-order chi connectivity index (χ1) is 14.3. The van der Waals surface area contributed by atoms with E-state index in [9.17, 15) is 22.4 Å². The lowest BCUT2D eigenvalue weighted by atomic mass is 10.0. The van der Waals surface area contributed by atoms with E-state index in [2.05, 4.69) is 4.98 Å². The fraction of sp³-hybridized carbons (Fsp3) is 0.217. The van der Waals surface area contributed by atoms with Crippen LogP contribution in [0.2, 0.25) is 0 Å². The Kier molecular flexibility index (Phi) is 5.28. The number of likely N-dealkylation sites (tertiary alicyclic amines) is 1. The minimum absolute atomic E-state index is 0.110. The Morgan fingerprint density at radius 1 is 1.03 bits per heavy atom. The van der Waals surface area contributed by atoms with Gasteiger partial charge in [0.15, 0.2) is 0 Å². The number of hydrogen-bond donors (Lipinski definition) is 0. The highest BCUT2D eigenvalue weighted by atomic mass is 19.4. The summed E-state index contributed by atoms with van der Waals surface area (Å²) in [5, 5.41) is 0. The summed E-state index contributed by atoms with van der Waals surface area (Å²) in [4.78, 5) is 18.7. The van der Waals surface area contributed by atoms with E-state index in [1.807, 2.05) is 18.3 Å². The number of rotatable bonds is 3. The molecule has 0 aliphatic carbocycles. The molecule has 0 saturated carbocycles. The summed E-state index contributed by atoms with van der Waals surface area (Å²) in [5.41, 5.74) is 1.01. The minimum Gasteiger partial charge on any atom is -0.338 e. The molecule has 1 aliphatic rings. The van der Waals surface area contributed by atoms with Crippen LogP contribution >= 0.6 is 0 Å². The van der Waals surface area contributed by atoms with Crippen molar-refractivity contribution in [2.24, 2.45) is 0 Å². The van der Waals surface area contributed by atoms with Crippen LogP contribution in [0.3, 0.4) is 0 Å². The zero-order valence-corrected chi connectivity index (χ0v) is 15.9. The standard InChI is InChI=1S/C23H18F4N2O/c24-21-11-19(10-20(12-21)23(25,26)27)15-3-5-16(6-4-15)22(30)29-9-7-18(14-29)17-2-1-8-28-13-17/h1-6,8,10-13,18H,7,9,14H2. The molecule has 1 aliphatic heterocycles. The lowest BCUT2D eigenvalue weighted by Gasteiger charge is -2.17. The molecule has 1 fully saturated rings. The van der Waals surface area contributed by atoms with Crippen LogP contribution in [0, 0.1) is 5.82 Å². The second-order valence-electron chi connectivity index (χ2n) is 7.33. The number of aromatic nitrogens is 1. The molecule has 7 heteroatoms. The van der Waals surface area contributed by atoms with E-state index < -0.39 is 17.6 Å². The molecular formula is C23H18F4N2O. The van der Waals surface area contributed by atoms with Crippen LogP contribution in [-0.2, 0) is 6.18 Å². The van der Waals surface area contributed by atoms with Crippen molar-refractivity contribution in [3.05, 3.63) is 89.5 Å². The number of pyridine rings is 1. The van der Waals surface area contributed by atoms with Gasteiger partial charge in [-0.2, -0.15) is 13.2 Å². The van der Waals surface area contributed by atoms with Crippen molar-refractivity contribution in [1.29, 1.82) is 0 Å². The smallest absolute Gasteiger partial charge is 0.338 e. The van der Waals surface area contributed by atoms with E-state index in [1.54, 1.807) is 23.2 Å². The van der Waals surface area contributed by atoms with Crippen LogP contribution in [0.5, 0.6) is 0 Å². The summed E-state index contributed by atoms with van der Waals surface area (Å²) in [6.07, 6.45) is -0.271. The van der Waals surface area contributed by atoms with E-state index in [1.165, 1.54) is 12.1 Å². The molecule has 0 radical (unpaired) electrons. The summed E-state index contributed by atoms with van der Waals surface area (Å²) < 4.78 is 52.5. The third kappa shape index (κ3) is 4.20. The molecule has 1 atom stereocenters. The van der Waals surface area contributed by atoms with Gasteiger partial charge in [-0.25, -0.2) is 4.39 Å². The molecule has 1 amide bonds. The maximum absolute atomic E-state index is 13.7. The Labute approximate surface area is 171 Å². The van der Waals surface area contributed by atoms with Crippen molar-refractivity contribution < 1.29 is 22.4 Å². The van der Waals surface area contributed by atoms with Crippen molar-refractivity contribution in [3.8, 4) is 11.1 Å². The van der Waals surface area contributed by atoms with Crippen LogP contribution in [0.4, 0.5) is 17.6 Å². The molecule has 0 spiro atoms. The number of halogens is 4. The Morgan fingerprint density at radius 2 is 1.80 bits per heavy atom. The molecular weight excluding hydrogens is 396 g/mol.